The van der Waals surface area contributed by atoms with Gasteiger partial charge in [0.2, 0.25) is 0 Å². The Kier molecular flexibility index (Phi) is 5.56. The van der Waals surface area contributed by atoms with E-state index in [0.29, 0.717) is 11.3 Å². The van der Waals surface area contributed by atoms with E-state index in [4.69, 9.17) is 4.74 Å². The third-order valence-corrected chi connectivity index (χ3v) is 5.34. The first-order valence-electron chi connectivity index (χ1n) is 9.59. The average molecular weight is 367 g/mol. The number of methoxy groups -OCH3 is 1. The Morgan fingerprint density at radius 2 is 1.85 bits per heavy atom. The summed E-state index contributed by atoms with van der Waals surface area (Å²) in [6.07, 6.45) is 1.96. The summed E-state index contributed by atoms with van der Waals surface area (Å²) in [5, 5.41) is 3.12. The summed E-state index contributed by atoms with van der Waals surface area (Å²) in [7, 11) is 3.76. The van der Waals surface area contributed by atoms with Crippen LogP contribution in [0.4, 0.5) is 5.69 Å². The van der Waals surface area contributed by atoms with Crippen molar-refractivity contribution < 1.29 is 9.53 Å². The minimum absolute atomic E-state index is 0.00503. The van der Waals surface area contributed by atoms with Crippen LogP contribution in [0.1, 0.15) is 47.8 Å². The molecule has 0 unspecified atom stereocenters. The summed E-state index contributed by atoms with van der Waals surface area (Å²) in [6, 6.07) is 12.0. The molecule has 2 aromatic rings. The van der Waals surface area contributed by atoms with Crippen molar-refractivity contribution in [2.75, 3.05) is 32.6 Å². The first-order valence-corrected chi connectivity index (χ1v) is 9.59. The van der Waals surface area contributed by atoms with Crippen LogP contribution in [-0.2, 0) is 18.3 Å². The van der Waals surface area contributed by atoms with Crippen molar-refractivity contribution in [3.8, 4) is 5.75 Å². The molecule has 1 heterocycles. The molecule has 0 saturated heterocycles. The SMILES string of the molecule is COc1cc(C(C)(C)C)ccc1C(=O)Nc1cccc2c1CCN(C)CC2. The van der Waals surface area contributed by atoms with Gasteiger partial charge in [-0.15, -0.1) is 0 Å². The van der Waals surface area contributed by atoms with Crippen molar-refractivity contribution in [2.24, 2.45) is 0 Å². The maximum atomic E-state index is 13.0. The van der Waals surface area contributed by atoms with Gasteiger partial charge in [-0.2, -0.15) is 0 Å². The van der Waals surface area contributed by atoms with Crippen LogP contribution in [0.25, 0.3) is 0 Å². The maximum Gasteiger partial charge on any atom is 0.259 e. The molecule has 0 fully saturated rings. The molecule has 27 heavy (non-hydrogen) atoms. The van der Waals surface area contributed by atoms with Gasteiger partial charge in [-0.25, -0.2) is 0 Å². The number of anilines is 1. The summed E-state index contributed by atoms with van der Waals surface area (Å²) in [4.78, 5) is 15.3. The normalized spacial score (nSPS) is 15.0. The Morgan fingerprint density at radius 3 is 2.56 bits per heavy atom. The molecule has 1 aliphatic heterocycles. The largest absolute Gasteiger partial charge is 0.496 e. The minimum atomic E-state index is -0.127. The topological polar surface area (TPSA) is 41.6 Å². The number of likely N-dealkylation sites (N-methyl/N-ethyl adjacent to an activating group) is 1. The highest BCUT2D eigenvalue weighted by molar-refractivity contribution is 6.06. The van der Waals surface area contributed by atoms with Crippen molar-refractivity contribution in [3.05, 3.63) is 58.7 Å². The molecule has 4 nitrogen and oxygen atoms in total. The van der Waals surface area contributed by atoms with Gasteiger partial charge in [-0.05, 0) is 60.2 Å². The molecule has 0 aromatic heterocycles. The highest BCUT2D eigenvalue weighted by Crippen LogP contribution is 2.30. The smallest absolute Gasteiger partial charge is 0.259 e. The molecule has 4 heteroatoms. The predicted octanol–water partition coefficient (Wildman–Crippen LogP) is 4.28. The number of rotatable bonds is 3. The van der Waals surface area contributed by atoms with E-state index in [1.807, 2.05) is 30.3 Å². The van der Waals surface area contributed by atoms with Crippen LogP contribution in [0.2, 0.25) is 0 Å². The molecule has 2 aromatic carbocycles. The van der Waals surface area contributed by atoms with Crippen molar-refractivity contribution in [2.45, 2.75) is 39.0 Å². The van der Waals surface area contributed by atoms with E-state index in [1.165, 1.54) is 11.1 Å². The third-order valence-electron chi connectivity index (χ3n) is 5.34. The summed E-state index contributed by atoms with van der Waals surface area (Å²) in [6.45, 7) is 8.50. The van der Waals surface area contributed by atoms with Gasteiger partial charge in [-0.3, -0.25) is 4.79 Å². The Balaban J connectivity index is 1.89. The number of benzene rings is 2. The van der Waals surface area contributed by atoms with E-state index in [2.05, 4.69) is 44.1 Å². The number of carbonyl (C=O) groups is 1. The zero-order chi connectivity index (χ0) is 19.6. The molecule has 3 rings (SSSR count). The molecule has 0 bridgehead atoms. The number of ether oxygens (including phenoxy) is 1. The lowest BCUT2D eigenvalue weighted by atomic mass is 9.86. The maximum absolute atomic E-state index is 13.0. The van der Waals surface area contributed by atoms with Gasteiger partial charge in [0.25, 0.3) is 5.91 Å². The van der Waals surface area contributed by atoms with E-state index >= 15 is 0 Å². The molecule has 0 atom stereocenters. The summed E-state index contributed by atoms with van der Waals surface area (Å²) in [5.41, 5.74) is 5.20. The number of nitrogens with zero attached hydrogens (tertiary/aromatic N) is 1. The number of fused-ring (bicyclic) bond motifs is 1. The fourth-order valence-corrected chi connectivity index (χ4v) is 3.54. The zero-order valence-corrected chi connectivity index (χ0v) is 17.1. The lowest BCUT2D eigenvalue weighted by Gasteiger charge is -2.21. The first-order chi connectivity index (χ1) is 12.8. The number of hydrogen-bond acceptors (Lipinski definition) is 3. The number of hydrogen-bond donors (Lipinski definition) is 1. The lowest BCUT2D eigenvalue weighted by molar-refractivity contribution is 0.102. The molecule has 0 radical (unpaired) electrons. The second-order valence-electron chi connectivity index (χ2n) is 8.37. The monoisotopic (exact) mass is 366 g/mol. The Labute approximate surface area is 162 Å². The Morgan fingerprint density at radius 1 is 1.11 bits per heavy atom. The summed E-state index contributed by atoms with van der Waals surface area (Å²) < 4.78 is 5.52. The van der Waals surface area contributed by atoms with E-state index < -0.39 is 0 Å². The van der Waals surface area contributed by atoms with Gasteiger partial charge in [0, 0.05) is 18.8 Å². The molecular weight excluding hydrogens is 336 g/mol. The standard InChI is InChI=1S/C23H30N2O2/c1-23(2,3)17-9-10-19(21(15-17)27-5)22(26)24-20-8-6-7-16-11-13-25(4)14-12-18(16)20/h6-10,15H,11-14H2,1-5H3,(H,24,26). The highest BCUT2D eigenvalue weighted by atomic mass is 16.5. The first kappa shape index (κ1) is 19.4. The quantitative estimate of drug-likeness (QED) is 0.882. The van der Waals surface area contributed by atoms with Crippen LogP contribution in [0, 0.1) is 0 Å². The van der Waals surface area contributed by atoms with Crippen LogP contribution < -0.4 is 10.1 Å². The molecule has 1 aliphatic rings. The van der Waals surface area contributed by atoms with Crippen LogP contribution in [0.5, 0.6) is 5.75 Å². The second kappa shape index (κ2) is 7.73. The fourth-order valence-electron chi connectivity index (χ4n) is 3.54. The van der Waals surface area contributed by atoms with Gasteiger partial charge in [-0.1, -0.05) is 39.0 Å². The molecule has 0 spiro atoms. The molecule has 0 saturated carbocycles. The molecule has 0 aliphatic carbocycles. The van der Waals surface area contributed by atoms with Crippen LogP contribution in [-0.4, -0.2) is 38.1 Å². The summed E-state index contributed by atoms with van der Waals surface area (Å²) >= 11 is 0. The highest BCUT2D eigenvalue weighted by Gasteiger charge is 2.20. The van der Waals surface area contributed by atoms with Crippen molar-refractivity contribution in [1.82, 2.24) is 4.90 Å². The fraction of sp³-hybridized carbons (Fsp3) is 0.435. The lowest BCUT2D eigenvalue weighted by Crippen LogP contribution is -2.21. The average Bonchev–Trinajstić information content (AvgIpc) is 2.83. The van der Waals surface area contributed by atoms with Crippen molar-refractivity contribution >= 4 is 11.6 Å². The molecular formula is C23H30N2O2. The van der Waals surface area contributed by atoms with E-state index in [-0.39, 0.29) is 11.3 Å². The number of amides is 1. The van der Waals surface area contributed by atoms with Gasteiger partial charge >= 0.3 is 0 Å². The van der Waals surface area contributed by atoms with E-state index in [0.717, 1.165) is 37.2 Å². The van der Waals surface area contributed by atoms with Crippen molar-refractivity contribution in [3.63, 3.8) is 0 Å². The van der Waals surface area contributed by atoms with Gasteiger partial charge in [0.15, 0.2) is 0 Å². The van der Waals surface area contributed by atoms with Crippen molar-refractivity contribution in [1.29, 1.82) is 0 Å². The summed E-state index contributed by atoms with van der Waals surface area (Å²) in [5.74, 6) is 0.486. The molecule has 1 N–H and O–H groups in total. The van der Waals surface area contributed by atoms with E-state index in [1.54, 1.807) is 7.11 Å². The molecule has 1 amide bonds. The third kappa shape index (κ3) is 4.33. The molecule has 144 valence electrons. The van der Waals surface area contributed by atoms with Gasteiger partial charge in [0.05, 0.1) is 12.7 Å². The second-order valence-corrected chi connectivity index (χ2v) is 8.37. The van der Waals surface area contributed by atoms with Crippen LogP contribution in [0.3, 0.4) is 0 Å². The zero-order valence-electron chi connectivity index (χ0n) is 17.1. The van der Waals surface area contributed by atoms with Gasteiger partial charge < -0.3 is 15.0 Å². The Hall–Kier alpha value is -2.33. The van der Waals surface area contributed by atoms with Crippen LogP contribution in [0.15, 0.2) is 36.4 Å². The predicted molar refractivity (Wildman–Crippen MR) is 111 cm³/mol. The van der Waals surface area contributed by atoms with E-state index in [9.17, 15) is 4.79 Å². The van der Waals surface area contributed by atoms with Gasteiger partial charge in [0.1, 0.15) is 5.75 Å². The minimum Gasteiger partial charge on any atom is -0.496 e. The number of nitrogens with one attached hydrogen (secondary N) is 1. The number of carbonyl (C=O) groups excluding carboxylic acids is 1. The Bertz CT molecular complexity index is 837. The van der Waals surface area contributed by atoms with Crippen LogP contribution >= 0.6 is 0 Å².